The predicted molar refractivity (Wildman–Crippen MR) is 57.6 cm³/mol. The topological polar surface area (TPSA) is 46.3 Å². The van der Waals surface area contributed by atoms with Crippen molar-refractivity contribution in [1.82, 2.24) is 5.16 Å². The molecule has 3 nitrogen and oxygen atoms in total. The Balaban J connectivity index is 2.44. The zero-order chi connectivity index (χ0) is 10.8. The predicted octanol–water partition coefficient (Wildman–Crippen LogP) is 2.80. The highest BCUT2D eigenvalue weighted by atomic mass is 35.5. The van der Waals surface area contributed by atoms with E-state index in [0.29, 0.717) is 16.5 Å². The number of benzene rings is 1. The molecule has 0 fully saturated rings. The summed E-state index contributed by atoms with van der Waals surface area (Å²) < 4.78 is 4.89. The van der Waals surface area contributed by atoms with Crippen LogP contribution < -0.4 is 0 Å². The molecule has 1 N–H and O–H groups in total. The molecule has 78 valence electrons. The van der Waals surface area contributed by atoms with Crippen molar-refractivity contribution in [3.05, 3.63) is 40.6 Å². The Hall–Kier alpha value is -1.32. The molecule has 15 heavy (non-hydrogen) atoms. The van der Waals surface area contributed by atoms with E-state index in [2.05, 4.69) is 5.16 Å². The van der Waals surface area contributed by atoms with Crippen molar-refractivity contribution in [2.45, 2.75) is 13.5 Å². The minimum absolute atomic E-state index is 0.156. The first-order valence-corrected chi connectivity index (χ1v) is 4.91. The maximum atomic E-state index is 8.84. The van der Waals surface area contributed by atoms with Gasteiger partial charge in [-0.25, -0.2) is 0 Å². The Morgan fingerprint density at radius 3 is 2.80 bits per heavy atom. The van der Waals surface area contributed by atoms with Crippen LogP contribution in [0.4, 0.5) is 0 Å². The first-order valence-electron chi connectivity index (χ1n) is 4.53. The average Bonchev–Trinajstić information content (AvgIpc) is 2.66. The molecule has 0 unspecified atom stereocenters. The second-order valence-electron chi connectivity index (χ2n) is 3.32. The fraction of sp³-hybridized carbons (Fsp3) is 0.182. The highest BCUT2D eigenvalue weighted by Gasteiger charge is 2.09. The first kappa shape index (κ1) is 10.2. The second kappa shape index (κ2) is 4.04. The van der Waals surface area contributed by atoms with Crippen molar-refractivity contribution in [2.75, 3.05) is 0 Å². The summed E-state index contributed by atoms with van der Waals surface area (Å²) >= 11 is 6.07. The molecule has 0 aliphatic carbocycles. The van der Waals surface area contributed by atoms with E-state index in [1.165, 1.54) is 0 Å². The summed E-state index contributed by atoms with van der Waals surface area (Å²) in [4.78, 5) is 0. The van der Waals surface area contributed by atoms with Gasteiger partial charge in [0.2, 0.25) is 0 Å². The molecule has 1 heterocycles. The van der Waals surface area contributed by atoms with Crippen LogP contribution in [-0.4, -0.2) is 10.3 Å². The molecular formula is C11H10ClNO2. The van der Waals surface area contributed by atoms with Crippen molar-refractivity contribution >= 4 is 11.6 Å². The van der Waals surface area contributed by atoms with Crippen LogP contribution in [0.25, 0.3) is 11.3 Å². The molecule has 0 spiro atoms. The summed E-state index contributed by atoms with van der Waals surface area (Å²) in [6.45, 7) is 1.81. The van der Waals surface area contributed by atoms with Gasteiger partial charge in [0, 0.05) is 11.6 Å². The van der Waals surface area contributed by atoms with Gasteiger partial charge in [-0.15, -0.1) is 0 Å². The van der Waals surface area contributed by atoms with E-state index >= 15 is 0 Å². The molecule has 2 rings (SSSR count). The molecule has 0 atom stereocenters. The average molecular weight is 224 g/mol. The summed E-state index contributed by atoms with van der Waals surface area (Å²) in [6, 6.07) is 7.38. The summed E-state index contributed by atoms with van der Waals surface area (Å²) in [6.07, 6.45) is 0. The van der Waals surface area contributed by atoms with Crippen molar-refractivity contribution < 1.29 is 9.63 Å². The maximum absolute atomic E-state index is 8.84. The van der Waals surface area contributed by atoms with Gasteiger partial charge >= 0.3 is 0 Å². The molecule has 1 aromatic heterocycles. The Morgan fingerprint density at radius 2 is 2.20 bits per heavy atom. The number of aliphatic hydroxyl groups excluding tert-OH is 1. The minimum Gasteiger partial charge on any atom is -0.388 e. The SMILES string of the molecule is Cc1ccc(-c2cc(CO)on2)c(Cl)c1. The molecule has 0 radical (unpaired) electrons. The van der Waals surface area contributed by atoms with Gasteiger partial charge in [-0.1, -0.05) is 28.9 Å². The van der Waals surface area contributed by atoms with Crippen molar-refractivity contribution in [3.8, 4) is 11.3 Å². The molecule has 0 saturated heterocycles. The number of aryl methyl sites for hydroxylation is 1. The van der Waals surface area contributed by atoms with Crippen LogP contribution in [0.2, 0.25) is 5.02 Å². The van der Waals surface area contributed by atoms with Gasteiger partial charge in [-0.05, 0) is 18.6 Å². The molecule has 1 aromatic carbocycles. The van der Waals surface area contributed by atoms with E-state index in [4.69, 9.17) is 21.2 Å². The molecular weight excluding hydrogens is 214 g/mol. The summed E-state index contributed by atoms with van der Waals surface area (Å²) in [5.41, 5.74) is 2.55. The van der Waals surface area contributed by atoms with Crippen LogP contribution in [0.15, 0.2) is 28.8 Å². The highest BCUT2D eigenvalue weighted by molar-refractivity contribution is 6.33. The van der Waals surface area contributed by atoms with Crippen LogP contribution in [-0.2, 0) is 6.61 Å². The second-order valence-corrected chi connectivity index (χ2v) is 3.73. The van der Waals surface area contributed by atoms with Crippen molar-refractivity contribution in [3.63, 3.8) is 0 Å². The standard InChI is InChI=1S/C11H10ClNO2/c1-7-2-3-9(10(12)4-7)11-5-8(6-14)15-13-11/h2-5,14H,6H2,1H3. The molecule has 0 aliphatic rings. The molecule has 2 aromatic rings. The number of halogens is 1. The third kappa shape index (κ3) is 2.03. The van der Waals surface area contributed by atoms with Gasteiger partial charge in [0.15, 0.2) is 5.76 Å². The van der Waals surface area contributed by atoms with E-state index in [9.17, 15) is 0 Å². The third-order valence-electron chi connectivity index (χ3n) is 2.12. The molecule has 4 heteroatoms. The number of hydrogen-bond acceptors (Lipinski definition) is 3. The number of aromatic nitrogens is 1. The lowest BCUT2D eigenvalue weighted by atomic mass is 10.1. The Labute approximate surface area is 92.3 Å². The van der Waals surface area contributed by atoms with E-state index in [0.717, 1.165) is 11.1 Å². The Bertz CT molecular complexity index is 479. The fourth-order valence-electron chi connectivity index (χ4n) is 1.34. The quantitative estimate of drug-likeness (QED) is 0.852. The van der Waals surface area contributed by atoms with Gasteiger partial charge in [0.05, 0.1) is 5.02 Å². The van der Waals surface area contributed by atoms with Gasteiger partial charge in [0.25, 0.3) is 0 Å². The Morgan fingerprint density at radius 1 is 1.40 bits per heavy atom. The van der Waals surface area contributed by atoms with Crippen LogP contribution >= 0.6 is 11.6 Å². The number of nitrogens with zero attached hydrogens (tertiary/aromatic N) is 1. The highest BCUT2D eigenvalue weighted by Crippen LogP contribution is 2.28. The molecule has 0 aliphatic heterocycles. The zero-order valence-electron chi connectivity index (χ0n) is 8.20. The maximum Gasteiger partial charge on any atom is 0.162 e. The fourth-order valence-corrected chi connectivity index (χ4v) is 1.67. The molecule has 0 amide bonds. The largest absolute Gasteiger partial charge is 0.388 e. The number of aliphatic hydroxyl groups is 1. The van der Waals surface area contributed by atoms with Crippen LogP contribution in [0.3, 0.4) is 0 Å². The lowest BCUT2D eigenvalue weighted by molar-refractivity contribution is 0.229. The summed E-state index contributed by atoms with van der Waals surface area (Å²) in [5, 5.41) is 13.3. The van der Waals surface area contributed by atoms with Gasteiger partial charge in [-0.2, -0.15) is 0 Å². The van der Waals surface area contributed by atoms with Gasteiger partial charge in [-0.3, -0.25) is 0 Å². The van der Waals surface area contributed by atoms with Gasteiger partial charge < -0.3 is 9.63 Å². The summed E-state index contributed by atoms with van der Waals surface area (Å²) in [5.74, 6) is 0.432. The van der Waals surface area contributed by atoms with Crippen LogP contribution in [0.5, 0.6) is 0 Å². The zero-order valence-corrected chi connectivity index (χ0v) is 8.95. The lowest BCUT2D eigenvalue weighted by Crippen LogP contribution is -1.80. The first-order chi connectivity index (χ1) is 7.20. The van der Waals surface area contributed by atoms with E-state index in [1.54, 1.807) is 6.07 Å². The lowest BCUT2D eigenvalue weighted by Gasteiger charge is -2.00. The smallest absolute Gasteiger partial charge is 0.162 e. The van der Waals surface area contributed by atoms with E-state index in [1.807, 2.05) is 25.1 Å². The van der Waals surface area contributed by atoms with Gasteiger partial charge in [0.1, 0.15) is 12.3 Å². The summed E-state index contributed by atoms with van der Waals surface area (Å²) in [7, 11) is 0. The molecule has 0 bridgehead atoms. The van der Waals surface area contributed by atoms with Crippen molar-refractivity contribution in [1.29, 1.82) is 0 Å². The monoisotopic (exact) mass is 223 g/mol. The minimum atomic E-state index is -0.156. The van der Waals surface area contributed by atoms with Crippen LogP contribution in [0.1, 0.15) is 11.3 Å². The number of rotatable bonds is 2. The van der Waals surface area contributed by atoms with E-state index < -0.39 is 0 Å². The Kier molecular flexibility index (Phi) is 2.75. The van der Waals surface area contributed by atoms with Crippen molar-refractivity contribution in [2.24, 2.45) is 0 Å². The normalized spacial score (nSPS) is 10.6. The van der Waals surface area contributed by atoms with E-state index in [-0.39, 0.29) is 6.61 Å². The number of hydrogen-bond donors (Lipinski definition) is 1. The van der Waals surface area contributed by atoms with Crippen LogP contribution in [0, 0.1) is 6.92 Å². The molecule has 0 saturated carbocycles. The third-order valence-corrected chi connectivity index (χ3v) is 2.43.